The van der Waals surface area contributed by atoms with Crippen molar-refractivity contribution in [3.05, 3.63) is 59.3 Å². The van der Waals surface area contributed by atoms with Gasteiger partial charge < -0.3 is 4.40 Å². The molecule has 1 aromatic carbocycles. The molecule has 0 fully saturated rings. The topological polar surface area (TPSA) is 17.3 Å². The zero-order chi connectivity index (χ0) is 11.0. The third-order valence-corrected chi connectivity index (χ3v) is 2.95. The number of hydrogen-bond donors (Lipinski definition) is 0. The summed E-state index contributed by atoms with van der Waals surface area (Å²) in [4.78, 5) is 4.57. The van der Waals surface area contributed by atoms with Crippen LogP contribution in [0.25, 0.3) is 16.9 Å². The molecule has 0 N–H and O–H groups in total. The van der Waals surface area contributed by atoms with E-state index < -0.39 is 0 Å². The average Bonchev–Trinajstić information content (AvgIpc) is 2.73. The molecular formula is C13H10BrIN2. The van der Waals surface area contributed by atoms with Crippen molar-refractivity contribution in [1.82, 2.24) is 9.38 Å². The number of imidazole rings is 1. The quantitative estimate of drug-likeness (QED) is 0.554. The van der Waals surface area contributed by atoms with Crippen molar-refractivity contribution in [1.29, 1.82) is 0 Å². The van der Waals surface area contributed by atoms with E-state index in [2.05, 4.69) is 33.0 Å². The largest absolute Gasteiger partial charge is 0.305 e. The number of benzene rings is 1. The Morgan fingerprint density at radius 1 is 0.941 bits per heavy atom. The van der Waals surface area contributed by atoms with E-state index in [4.69, 9.17) is 0 Å². The molecule has 0 saturated heterocycles. The van der Waals surface area contributed by atoms with E-state index in [0.29, 0.717) is 0 Å². The number of pyridine rings is 1. The van der Waals surface area contributed by atoms with Gasteiger partial charge in [-0.3, -0.25) is 0 Å². The Kier molecular flexibility index (Phi) is 3.83. The van der Waals surface area contributed by atoms with Gasteiger partial charge in [-0.25, -0.2) is 4.98 Å². The molecule has 0 aliphatic heterocycles. The van der Waals surface area contributed by atoms with Crippen LogP contribution in [0.15, 0.2) is 59.3 Å². The number of nitrogens with zero attached hydrogens (tertiary/aromatic N) is 2. The molecule has 2 nitrogen and oxygen atoms in total. The van der Waals surface area contributed by atoms with Gasteiger partial charge in [0.05, 0.1) is 5.69 Å². The van der Waals surface area contributed by atoms with Crippen molar-refractivity contribution < 1.29 is 0 Å². The lowest BCUT2D eigenvalue weighted by molar-refractivity contribution is 1.17. The first-order chi connectivity index (χ1) is 7.83. The predicted octanol–water partition coefficient (Wildman–Crippen LogP) is 4.38. The van der Waals surface area contributed by atoms with E-state index in [1.54, 1.807) is 0 Å². The van der Waals surface area contributed by atoms with Crippen LogP contribution in [0.5, 0.6) is 0 Å². The van der Waals surface area contributed by atoms with Crippen molar-refractivity contribution in [3.63, 3.8) is 0 Å². The maximum Gasteiger partial charge on any atom is 0.137 e. The first-order valence-corrected chi connectivity index (χ1v) is 5.82. The zero-order valence-electron chi connectivity index (χ0n) is 8.88. The fourth-order valence-electron chi connectivity index (χ4n) is 1.71. The van der Waals surface area contributed by atoms with Crippen LogP contribution in [0.3, 0.4) is 0 Å². The van der Waals surface area contributed by atoms with E-state index in [0.717, 1.165) is 21.4 Å². The summed E-state index contributed by atoms with van der Waals surface area (Å²) < 4.78 is 3.07. The number of aromatic nitrogens is 2. The molecule has 0 spiro atoms. The molecule has 0 radical (unpaired) electrons. The lowest BCUT2D eigenvalue weighted by Gasteiger charge is -1.92. The Bertz CT molecular complexity index is 634. The summed E-state index contributed by atoms with van der Waals surface area (Å²) >= 11 is 3.45. The van der Waals surface area contributed by atoms with Crippen molar-refractivity contribution in [2.75, 3.05) is 0 Å². The second-order valence-corrected chi connectivity index (χ2v) is 4.52. The van der Waals surface area contributed by atoms with Gasteiger partial charge >= 0.3 is 0 Å². The number of hydrogen-bond acceptors (Lipinski definition) is 1. The molecule has 2 heterocycles. The summed E-state index contributed by atoms with van der Waals surface area (Å²) in [7, 11) is 0. The molecule has 86 valence electrons. The third-order valence-electron chi connectivity index (χ3n) is 2.48. The highest BCUT2D eigenvalue weighted by molar-refractivity contribution is 14.0. The van der Waals surface area contributed by atoms with Crippen LogP contribution in [0.4, 0.5) is 0 Å². The highest BCUT2D eigenvalue weighted by Gasteiger charge is 2.03. The van der Waals surface area contributed by atoms with Gasteiger partial charge in [-0.05, 0) is 28.1 Å². The van der Waals surface area contributed by atoms with Crippen LogP contribution in [0, 0.1) is 0 Å². The van der Waals surface area contributed by atoms with Gasteiger partial charge in [0.15, 0.2) is 0 Å². The molecule has 2 aromatic heterocycles. The van der Waals surface area contributed by atoms with Gasteiger partial charge in [-0.1, -0.05) is 30.3 Å². The monoisotopic (exact) mass is 400 g/mol. The number of fused-ring (bicyclic) bond motifs is 1. The summed E-state index contributed by atoms with van der Waals surface area (Å²) in [5.41, 5.74) is 3.10. The molecule has 3 aromatic rings. The fraction of sp³-hybridized carbons (Fsp3) is 0. The Morgan fingerprint density at radius 2 is 1.71 bits per heavy atom. The first kappa shape index (κ1) is 12.6. The van der Waals surface area contributed by atoms with Crippen molar-refractivity contribution >= 4 is 45.6 Å². The summed E-state index contributed by atoms with van der Waals surface area (Å²) in [6.45, 7) is 0. The molecule has 3 rings (SSSR count). The van der Waals surface area contributed by atoms with Crippen molar-refractivity contribution in [2.45, 2.75) is 0 Å². The Labute approximate surface area is 125 Å². The van der Waals surface area contributed by atoms with Crippen molar-refractivity contribution in [3.8, 4) is 11.3 Å². The number of halogens is 2. The highest BCUT2D eigenvalue weighted by Crippen LogP contribution is 2.20. The highest BCUT2D eigenvalue weighted by atomic mass is 127. The maximum absolute atomic E-state index is 4.57. The minimum absolute atomic E-state index is 0. The van der Waals surface area contributed by atoms with Crippen LogP contribution in [-0.2, 0) is 0 Å². The van der Waals surface area contributed by atoms with Gasteiger partial charge in [0.1, 0.15) is 5.65 Å². The van der Waals surface area contributed by atoms with Gasteiger partial charge in [0.2, 0.25) is 0 Å². The van der Waals surface area contributed by atoms with Crippen LogP contribution in [-0.4, -0.2) is 9.38 Å². The first-order valence-electron chi connectivity index (χ1n) is 5.02. The van der Waals surface area contributed by atoms with E-state index in [9.17, 15) is 0 Å². The summed E-state index contributed by atoms with van der Waals surface area (Å²) in [6.07, 6.45) is 4.05. The molecule has 0 bridgehead atoms. The molecule has 17 heavy (non-hydrogen) atoms. The van der Waals surface area contributed by atoms with E-state index >= 15 is 0 Å². The van der Waals surface area contributed by atoms with Crippen LogP contribution in [0.1, 0.15) is 0 Å². The zero-order valence-corrected chi connectivity index (χ0v) is 12.8. The fourth-order valence-corrected chi connectivity index (χ4v) is 2.07. The van der Waals surface area contributed by atoms with E-state index in [1.807, 2.05) is 47.1 Å². The molecule has 0 unspecified atom stereocenters. The Balaban J connectivity index is 0.00000108. The summed E-state index contributed by atoms with van der Waals surface area (Å²) in [6, 6.07) is 14.2. The van der Waals surface area contributed by atoms with Crippen LogP contribution >= 0.6 is 39.9 Å². The third kappa shape index (κ3) is 2.52. The smallest absolute Gasteiger partial charge is 0.137 e. The van der Waals surface area contributed by atoms with Gasteiger partial charge in [0, 0.05) is 22.4 Å². The summed E-state index contributed by atoms with van der Waals surface area (Å²) in [5.74, 6) is 0. The molecular weight excluding hydrogens is 391 g/mol. The molecule has 4 heteroatoms. The molecule has 0 aliphatic carbocycles. The maximum atomic E-state index is 4.57. The molecule has 0 saturated carbocycles. The lowest BCUT2D eigenvalue weighted by atomic mass is 10.2. The van der Waals surface area contributed by atoms with Gasteiger partial charge in [-0.2, -0.15) is 0 Å². The minimum Gasteiger partial charge on any atom is -0.305 e. The van der Waals surface area contributed by atoms with Crippen LogP contribution in [0.2, 0.25) is 0 Å². The van der Waals surface area contributed by atoms with E-state index in [-0.39, 0.29) is 24.0 Å². The lowest BCUT2D eigenvalue weighted by Crippen LogP contribution is -1.80. The second-order valence-electron chi connectivity index (χ2n) is 3.60. The Morgan fingerprint density at radius 3 is 2.47 bits per heavy atom. The normalized spacial score (nSPS) is 10.2. The van der Waals surface area contributed by atoms with E-state index in [1.165, 1.54) is 0 Å². The minimum atomic E-state index is 0. The average molecular weight is 401 g/mol. The molecule has 0 atom stereocenters. The Hall–Kier alpha value is -0.880. The molecule has 0 aliphatic rings. The number of rotatable bonds is 1. The predicted molar refractivity (Wildman–Crippen MR) is 83.7 cm³/mol. The van der Waals surface area contributed by atoms with Gasteiger partial charge in [-0.15, -0.1) is 24.0 Å². The second kappa shape index (κ2) is 5.18. The SMILES string of the molecule is Brc1ccc2nc(-c3ccccc3)cn2c1.I. The molecule has 0 amide bonds. The van der Waals surface area contributed by atoms with Gasteiger partial charge in [0.25, 0.3) is 0 Å². The summed E-state index contributed by atoms with van der Waals surface area (Å²) in [5, 5.41) is 0. The standard InChI is InChI=1S/C13H9BrN2.HI/c14-11-6-7-13-15-12(9-16(13)8-11)10-4-2-1-3-5-10;/h1-9H;1H. The van der Waals surface area contributed by atoms with Crippen molar-refractivity contribution in [2.24, 2.45) is 0 Å². The van der Waals surface area contributed by atoms with Crippen LogP contribution < -0.4 is 0 Å².